The quantitative estimate of drug-likeness (QED) is 0.520. The van der Waals surface area contributed by atoms with Crippen LogP contribution in [0.3, 0.4) is 0 Å². The summed E-state index contributed by atoms with van der Waals surface area (Å²) < 4.78 is 27.9. The third-order valence-corrected chi connectivity index (χ3v) is 4.28. The summed E-state index contributed by atoms with van der Waals surface area (Å²) in [5.74, 6) is 0.563. The fourth-order valence-corrected chi connectivity index (χ4v) is 2.28. The van der Waals surface area contributed by atoms with E-state index >= 15 is 0 Å². The van der Waals surface area contributed by atoms with Crippen molar-refractivity contribution in [3.8, 4) is 5.75 Å². The van der Waals surface area contributed by atoms with Crippen LogP contribution < -0.4 is 10.2 Å². The van der Waals surface area contributed by atoms with Gasteiger partial charge in [-0.3, -0.25) is 0 Å². The first-order chi connectivity index (χ1) is 8.46. The van der Waals surface area contributed by atoms with Gasteiger partial charge in [-0.2, -0.15) is 0 Å². The molecule has 1 aromatic rings. The molecule has 1 rings (SSSR count). The van der Waals surface area contributed by atoms with E-state index in [0.717, 1.165) is 0 Å². The molecule has 2 N–H and O–H groups in total. The van der Waals surface area contributed by atoms with Gasteiger partial charge in [0.25, 0.3) is 0 Å². The first-order valence-electron chi connectivity index (χ1n) is 5.74. The van der Waals surface area contributed by atoms with Crippen LogP contribution >= 0.6 is 0 Å². The van der Waals surface area contributed by atoms with Crippen LogP contribution in [0.4, 0.5) is 0 Å². The molecule has 0 saturated carbocycles. The third kappa shape index (κ3) is 4.68. The first kappa shape index (κ1) is 15.0. The fourth-order valence-electron chi connectivity index (χ4n) is 1.43. The fraction of sp³-hybridized carbons (Fsp3) is 0.455. The highest BCUT2D eigenvalue weighted by Crippen LogP contribution is 2.07. The molecule has 0 atom stereocenters. The standard InChI is InChI=1S/C11H17BO5S/c1-2-18(15,16)9-5-8-17-11-7-4-3-6-10(11)12(13)14/h3-4,6-7,13-14H,2,5,8-9H2,1H3. The highest BCUT2D eigenvalue weighted by Gasteiger charge is 2.16. The number of hydrogen-bond acceptors (Lipinski definition) is 5. The lowest BCUT2D eigenvalue weighted by molar-refractivity contribution is 0.318. The average molecular weight is 272 g/mol. The Labute approximate surface area is 107 Å². The van der Waals surface area contributed by atoms with Crippen LogP contribution in [0.15, 0.2) is 24.3 Å². The minimum absolute atomic E-state index is 0.0767. The van der Waals surface area contributed by atoms with E-state index in [0.29, 0.717) is 12.2 Å². The van der Waals surface area contributed by atoms with Crippen molar-refractivity contribution in [2.24, 2.45) is 0 Å². The van der Waals surface area contributed by atoms with Gasteiger partial charge in [0.15, 0.2) is 0 Å². The molecule has 0 aromatic heterocycles. The second-order valence-electron chi connectivity index (χ2n) is 3.85. The Bertz CT molecular complexity index is 472. The minimum atomic E-state index is -2.98. The highest BCUT2D eigenvalue weighted by molar-refractivity contribution is 7.91. The normalized spacial score (nSPS) is 11.3. The Morgan fingerprint density at radius 3 is 2.56 bits per heavy atom. The predicted molar refractivity (Wildman–Crippen MR) is 70.7 cm³/mol. The summed E-state index contributed by atoms with van der Waals surface area (Å²) in [7, 11) is -4.58. The zero-order chi connectivity index (χ0) is 13.6. The van der Waals surface area contributed by atoms with Crippen molar-refractivity contribution >= 4 is 22.4 Å². The zero-order valence-electron chi connectivity index (χ0n) is 10.2. The monoisotopic (exact) mass is 272 g/mol. The number of hydrogen-bond donors (Lipinski definition) is 2. The number of benzene rings is 1. The minimum Gasteiger partial charge on any atom is -0.494 e. The van der Waals surface area contributed by atoms with Crippen LogP contribution in [0.5, 0.6) is 5.75 Å². The van der Waals surface area contributed by atoms with E-state index in [-0.39, 0.29) is 23.6 Å². The Kier molecular flexibility index (Phi) is 5.65. The molecule has 0 radical (unpaired) electrons. The summed E-state index contributed by atoms with van der Waals surface area (Å²) >= 11 is 0. The van der Waals surface area contributed by atoms with Crippen LogP contribution in [-0.2, 0) is 9.84 Å². The summed E-state index contributed by atoms with van der Waals surface area (Å²) in [6.07, 6.45) is 0.381. The number of para-hydroxylation sites is 1. The topological polar surface area (TPSA) is 83.8 Å². The summed E-state index contributed by atoms with van der Waals surface area (Å²) in [5, 5.41) is 18.2. The molecule has 0 aliphatic heterocycles. The molecule has 0 bridgehead atoms. The molecule has 0 unspecified atom stereocenters. The molecule has 0 fully saturated rings. The van der Waals surface area contributed by atoms with Crippen molar-refractivity contribution in [3.63, 3.8) is 0 Å². The van der Waals surface area contributed by atoms with E-state index in [4.69, 9.17) is 14.8 Å². The van der Waals surface area contributed by atoms with Crippen LogP contribution in [-0.4, -0.2) is 43.7 Å². The Morgan fingerprint density at radius 1 is 1.28 bits per heavy atom. The molecule has 5 nitrogen and oxygen atoms in total. The van der Waals surface area contributed by atoms with Crippen molar-refractivity contribution < 1.29 is 23.2 Å². The van der Waals surface area contributed by atoms with Gasteiger partial charge in [0.1, 0.15) is 15.6 Å². The molecule has 0 amide bonds. The third-order valence-electron chi connectivity index (χ3n) is 2.49. The molecular weight excluding hydrogens is 255 g/mol. The lowest BCUT2D eigenvalue weighted by Crippen LogP contribution is -2.31. The molecule has 0 saturated heterocycles. The Hall–Kier alpha value is -1.05. The van der Waals surface area contributed by atoms with Gasteiger partial charge in [0.2, 0.25) is 0 Å². The molecular formula is C11H17BO5S. The van der Waals surface area contributed by atoms with Crippen LogP contribution in [0, 0.1) is 0 Å². The molecule has 0 aliphatic rings. The van der Waals surface area contributed by atoms with Crippen LogP contribution in [0.2, 0.25) is 0 Å². The van der Waals surface area contributed by atoms with Gasteiger partial charge in [0.05, 0.1) is 12.4 Å². The van der Waals surface area contributed by atoms with Crippen molar-refractivity contribution in [3.05, 3.63) is 24.3 Å². The van der Waals surface area contributed by atoms with Crippen molar-refractivity contribution in [1.82, 2.24) is 0 Å². The van der Waals surface area contributed by atoms with Gasteiger partial charge < -0.3 is 14.8 Å². The van der Waals surface area contributed by atoms with Gasteiger partial charge in [0, 0.05) is 11.2 Å². The second-order valence-corrected chi connectivity index (χ2v) is 6.32. The first-order valence-corrected chi connectivity index (χ1v) is 7.56. The van der Waals surface area contributed by atoms with Gasteiger partial charge in [-0.25, -0.2) is 8.42 Å². The van der Waals surface area contributed by atoms with Gasteiger partial charge >= 0.3 is 7.12 Å². The number of rotatable bonds is 7. The van der Waals surface area contributed by atoms with Crippen molar-refractivity contribution in [2.45, 2.75) is 13.3 Å². The van der Waals surface area contributed by atoms with E-state index < -0.39 is 17.0 Å². The summed E-state index contributed by atoms with van der Waals surface area (Å²) in [6.45, 7) is 1.83. The number of ether oxygens (including phenoxy) is 1. The Morgan fingerprint density at radius 2 is 1.94 bits per heavy atom. The molecule has 0 heterocycles. The van der Waals surface area contributed by atoms with Crippen molar-refractivity contribution in [1.29, 1.82) is 0 Å². The highest BCUT2D eigenvalue weighted by atomic mass is 32.2. The molecule has 1 aromatic carbocycles. The number of sulfone groups is 1. The van der Waals surface area contributed by atoms with Gasteiger partial charge in [-0.1, -0.05) is 25.1 Å². The van der Waals surface area contributed by atoms with Crippen molar-refractivity contribution in [2.75, 3.05) is 18.1 Å². The summed E-state index contributed by atoms with van der Waals surface area (Å²) in [4.78, 5) is 0. The maximum absolute atomic E-state index is 11.3. The molecule has 7 heteroatoms. The van der Waals surface area contributed by atoms with E-state index in [2.05, 4.69) is 0 Å². The smallest absolute Gasteiger partial charge is 0.492 e. The van der Waals surface area contributed by atoms with E-state index in [9.17, 15) is 8.42 Å². The lowest BCUT2D eigenvalue weighted by atomic mass is 9.79. The maximum Gasteiger partial charge on any atom is 0.492 e. The second kappa shape index (κ2) is 6.77. The van der Waals surface area contributed by atoms with E-state index in [1.165, 1.54) is 0 Å². The average Bonchev–Trinajstić information content (AvgIpc) is 2.35. The van der Waals surface area contributed by atoms with Crippen LogP contribution in [0.1, 0.15) is 13.3 Å². The molecule has 18 heavy (non-hydrogen) atoms. The maximum atomic E-state index is 11.3. The van der Waals surface area contributed by atoms with Gasteiger partial charge in [-0.05, 0) is 12.5 Å². The predicted octanol–water partition coefficient (Wildman–Crippen LogP) is -0.430. The molecule has 0 spiro atoms. The van der Waals surface area contributed by atoms with E-state index in [1.54, 1.807) is 31.2 Å². The van der Waals surface area contributed by atoms with Crippen LogP contribution in [0.25, 0.3) is 0 Å². The zero-order valence-corrected chi connectivity index (χ0v) is 11.1. The van der Waals surface area contributed by atoms with E-state index in [1.807, 2.05) is 0 Å². The van der Waals surface area contributed by atoms with Gasteiger partial charge in [-0.15, -0.1) is 0 Å². The lowest BCUT2D eigenvalue weighted by Gasteiger charge is -2.10. The SMILES string of the molecule is CCS(=O)(=O)CCCOc1ccccc1B(O)O. The molecule has 0 aliphatic carbocycles. The Balaban J connectivity index is 2.50. The largest absolute Gasteiger partial charge is 0.494 e. The summed E-state index contributed by atoms with van der Waals surface area (Å²) in [6, 6.07) is 6.54. The summed E-state index contributed by atoms with van der Waals surface area (Å²) in [5.41, 5.74) is 0.274. The molecule has 100 valence electrons.